The second kappa shape index (κ2) is 7.88. The molecule has 0 aliphatic carbocycles. The van der Waals surface area contributed by atoms with Crippen molar-refractivity contribution in [3.05, 3.63) is 47.1 Å². The Balaban J connectivity index is 1.62. The minimum Gasteiger partial charge on any atom is -0.383 e. The van der Waals surface area contributed by atoms with Gasteiger partial charge in [0, 0.05) is 18.9 Å². The average Bonchev–Trinajstić information content (AvgIpc) is 3.19. The summed E-state index contributed by atoms with van der Waals surface area (Å²) in [7, 11) is 0. The molecule has 1 unspecified atom stereocenters. The number of carbonyl (C=O) groups is 2. The van der Waals surface area contributed by atoms with E-state index < -0.39 is 29.4 Å². The van der Waals surface area contributed by atoms with Crippen molar-refractivity contribution in [2.45, 2.75) is 38.9 Å². The molecule has 9 heteroatoms. The fraction of sp³-hybridized carbons (Fsp3) is 0.364. The van der Waals surface area contributed by atoms with E-state index >= 15 is 4.39 Å². The maximum atomic E-state index is 15.2. The number of carbonyl (C=O) groups excluding carboxylic acids is 2. The minimum atomic E-state index is -1.47. The number of thiazole rings is 1. The summed E-state index contributed by atoms with van der Waals surface area (Å²) in [6.45, 7) is 5.21. The topological polar surface area (TPSA) is 101 Å². The number of rotatable bonds is 2. The third kappa shape index (κ3) is 4.10. The number of fused-ring (bicyclic) bond motifs is 1. The van der Waals surface area contributed by atoms with Crippen LogP contribution in [-0.4, -0.2) is 38.9 Å². The molecule has 1 aliphatic rings. The number of alkyl halides is 1. The SMILES string of the molecule is Cc1cc(NC(=O)C(=O)N2C[C@H](C)C(C)(F)C[C@H]2c2ccc3scnc3c2)cnc1N. The molecule has 3 atom stereocenters. The molecule has 3 heterocycles. The Kier molecular flexibility index (Phi) is 5.38. The molecule has 162 valence electrons. The van der Waals surface area contributed by atoms with E-state index in [1.54, 1.807) is 32.3 Å². The van der Waals surface area contributed by atoms with Gasteiger partial charge in [0.1, 0.15) is 11.5 Å². The summed E-state index contributed by atoms with van der Waals surface area (Å²) in [6, 6.07) is 6.75. The lowest BCUT2D eigenvalue weighted by atomic mass is 9.79. The van der Waals surface area contributed by atoms with Gasteiger partial charge >= 0.3 is 11.8 Å². The third-order valence-corrected chi connectivity index (χ3v) is 6.85. The van der Waals surface area contributed by atoms with Gasteiger partial charge in [-0.2, -0.15) is 0 Å². The summed E-state index contributed by atoms with van der Waals surface area (Å²) < 4.78 is 16.3. The molecule has 4 rings (SSSR count). The molecule has 31 heavy (non-hydrogen) atoms. The van der Waals surface area contributed by atoms with Crippen LogP contribution in [0.15, 0.2) is 36.0 Å². The molecule has 2 aromatic heterocycles. The van der Waals surface area contributed by atoms with E-state index in [-0.39, 0.29) is 13.0 Å². The van der Waals surface area contributed by atoms with Crippen molar-refractivity contribution >= 4 is 44.9 Å². The normalized spacial score (nSPS) is 23.7. The molecule has 0 bridgehead atoms. The van der Waals surface area contributed by atoms with Gasteiger partial charge in [-0.15, -0.1) is 11.3 Å². The lowest BCUT2D eigenvalue weighted by molar-refractivity contribution is -0.149. The van der Waals surface area contributed by atoms with Crippen LogP contribution < -0.4 is 11.1 Å². The zero-order chi connectivity index (χ0) is 22.3. The van der Waals surface area contributed by atoms with Crippen molar-refractivity contribution in [2.75, 3.05) is 17.6 Å². The molecule has 0 spiro atoms. The highest BCUT2D eigenvalue weighted by atomic mass is 32.1. The molecule has 2 amide bonds. The van der Waals surface area contributed by atoms with Gasteiger partial charge in [0.15, 0.2) is 0 Å². The van der Waals surface area contributed by atoms with Gasteiger partial charge in [-0.05, 0) is 43.2 Å². The van der Waals surface area contributed by atoms with Crippen molar-refractivity contribution in [3.8, 4) is 0 Å². The van der Waals surface area contributed by atoms with Crippen molar-refractivity contribution < 1.29 is 14.0 Å². The van der Waals surface area contributed by atoms with Crippen LogP contribution in [0.1, 0.15) is 37.4 Å². The van der Waals surface area contributed by atoms with Crippen LogP contribution in [-0.2, 0) is 9.59 Å². The number of nitrogen functional groups attached to an aromatic ring is 1. The Labute approximate surface area is 183 Å². The molecule has 1 aliphatic heterocycles. The fourth-order valence-electron chi connectivity index (χ4n) is 3.88. The Morgan fingerprint density at radius 2 is 2.10 bits per heavy atom. The summed E-state index contributed by atoms with van der Waals surface area (Å²) in [5.41, 5.74) is 8.62. The third-order valence-electron chi connectivity index (χ3n) is 6.04. The number of amides is 2. The average molecular weight is 442 g/mol. The molecule has 3 aromatic rings. The van der Waals surface area contributed by atoms with Gasteiger partial charge in [0.25, 0.3) is 0 Å². The van der Waals surface area contributed by atoms with Gasteiger partial charge in [-0.3, -0.25) is 9.59 Å². The van der Waals surface area contributed by atoms with Crippen molar-refractivity contribution in [2.24, 2.45) is 5.92 Å². The summed E-state index contributed by atoms with van der Waals surface area (Å²) in [4.78, 5) is 35.7. The van der Waals surface area contributed by atoms with Crippen LogP contribution >= 0.6 is 11.3 Å². The number of nitrogens with zero attached hydrogens (tertiary/aromatic N) is 3. The number of aryl methyl sites for hydroxylation is 1. The molecular formula is C22H24FN5O2S. The maximum Gasteiger partial charge on any atom is 0.313 e. The predicted molar refractivity (Wildman–Crippen MR) is 119 cm³/mol. The second-order valence-corrected chi connectivity index (χ2v) is 9.20. The highest BCUT2D eigenvalue weighted by Gasteiger charge is 2.45. The summed E-state index contributed by atoms with van der Waals surface area (Å²) in [5.74, 6) is -1.56. The number of hydrogen-bond acceptors (Lipinski definition) is 6. The maximum absolute atomic E-state index is 15.2. The lowest BCUT2D eigenvalue weighted by Gasteiger charge is -2.45. The fourth-order valence-corrected chi connectivity index (χ4v) is 4.53. The number of pyridine rings is 1. The first kappa shape index (κ1) is 21.2. The molecule has 1 fully saturated rings. The zero-order valence-electron chi connectivity index (χ0n) is 17.6. The number of benzene rings is 1. The number of aromatic nitrogens is 2. The van der Waals surface area contributed by atoms with Crippen LogP contribution in [0.5, 0.6) is 0 Å². The molecule has 0 radical (unpaired) electrons. The lowest BCUT2D eigenvalue weighted by Crippen LogP contribution is -2.53. The van der Waals surface area contributed by atoms with Crippen LogP contribution in [0, 0.1) is 12.8 Å². The van der Waals surface area contributed by atoms with Crippen molar-refractivity contribution in [1.29, 1.82) is 0 Å². The standard InChI is InChI=1S/C22H24FN5O2S/c1-12-6-15(9-25-19(12)24)27-20(29)21(30)28-10-13(2)22(3,23)8-17(28)14-4-5-18-16(7-14)26-11-31-18/h4-7,9,11,13,17H,8,10H2,1-3H3,(H2,24,25)(H,27,29)/t13-,17-,22?/m0/s1. The highest BCUT2D eigenvalue weighted by Crippen LogP contribution is 2.42. The van der Waals surface area contributed by atoms with Gasteiger partial charge < -0.3 is 16.0 Å². The smallest absolute Gasteiger partial charge is 0.313 e. The quantitative estimate of drug-likeness (QED) is 0.588. The predicted octanol–water partition coefficient (Wildman–Crippen LogP) is 3.86. The van der Waals surface area contributed by atoms with Crippen LogP contribution in [0.25, 0.3) is 10.2 Å². The van der Waals surface area contributed by atoms with Crippen molar-refractivity contribution in [3.63, 3.8) is 0 Å². The van der Waals surface area contributed by atoms with Crippen LogP contribution in [0.3, 0.4) is 0 Å². The van der Waals surface area contributed by atoms with E-state index in [4.69, 9.17) is 5.73 Å². The molecule has 7 nitrogen and oxygen atoms in total. The van der Waals surface area contributed by atoms with E-state index in [0.29, 0.717) is 17.1 Å². The van der Waals surface area contributed by atoms with E-state index in [1.807, 2.05) is 18.2 Å². The van der Waals surface area contributed by atoms with E-state index in [1.165, 1.54) is 22.4 Å². The number of hydrogen-bond donors (Lipinski definition) is 2. The Morgan fingerprint density at radius 1 is 1.32 bits per heavy atom. The Bertz CT molecular complexity index is 1160. The van der Waals surface area contributed by atoms with Crippen molar-refractivity contribution in [1.82, 2.24) is 14.9 Å². The molecule has 0 saturated carbocycles. The summed E-state index contributed by atoms with van der Waals surface area (Å²) in [5, 5.41) is 2.59. The highest BCUT2D eigenvalue weighted by molar-refractivity contribution is 7.16. The first-order valence-electron chi connectivity index (χ1n) is 10.0. The summed E-state index contributed by atoms with van der Waals surface area (Å²) in [6.07, 6.45) is 1.50. The molecule has 1 saturated heterocycles. The molecule has 3 N–H and O–H groups in total. The monoisotopic (exact) mass is 441 g/mol. The number of piperidine rings is 1. The first-order valence-corrected chi connectivity index (χ1v) is 10.9. The number of nitrogens with two attached hydrogens (primary N) is 1. The second-order valence-electron chi connectivity index (χ2n) is 8.32. The molecule has 1 aromatic carbocycles. The number of nitrogens with one attached hydrogen (secondary N) is 1. The number of halogens is 1. The first-order chi connectivity index (χ1) is 14.7. The largest absolute Gasteiger partial charge is 0.383 e. The van der Waals surface area contributed by atoms with E-state index in [9.17, 15) is 9.59 Å². The minimum absolute atomic E-state index is 0.103. The number of anilines is 2. The Hall–Kier alpha value is -3.07. The Morgan fingerprint density at radius 3 is 2.84 bits per heavy atom. The van der Waals surface area contributed by atoms with Gasteiger partial charge in [0.2, 0.25) is 0 Å². The van der Waals surface area contributed by atoms with Crippen LogP contribution in [0.2, 0.25) is 0 Å². The number of likely N-dealkylation sites (tertiary alicyclic amines) is 1. The zero-order valence-corrected chi connectivity index (χ0v) is 18.4. The van der Waals surface area contributed by atoms with Gasteiger partial charge in [0.05, 0.1) is 33.7 Å². The summed E-state index contributed by atoms with van der Waals surface area (Å²) >= 11 is 1.51. The molecular weight excluding hydrogens is 417 g/mol. The van der Waals surface area contributed by atoms with E-state index in [0.717, 1.165) is 15.8 Å². The van der Waals surface area contributed by atoms with Crippen LogP contribution in [0.4, 0.5) is 15.9 Å². The van der Waals surface area contributed by atoms with E-state index in [2.05, 4.69) is 15.3 Å². The van der Waals surface area contributed by atoms with Gasteiger partial charge in [-0.25, -0.2) is 14.4 Å². The van der Waals surface area contributed by atoms with Gasteiger partial charge in [-0.1, -0.05) is 13.0 Å².